The number of fused-ring (bicyclic) bond motifs is 1. The second-order valence-corrected chi connectivity index (χ2v) is 8.33. The number of hydrogen-bond donors (Lipinski definition) is 1. The van der Waals surface area contributed by atoms with E-state index in [1.54, 1.807) is 12.4 Å². The summed E-state index contributed by atoms with van der Waals surface area (Å²) in [6.07, 6.45) is 7.10. The Hall–Kier alpha value is -2.60. The number of amides is 1. The van der Waals surface area contributed by atoms with Gasteiger partial charge in [0.25, 0.3) is 5.91 Å². The minimum Gasteiger partial charge on any atom is -0.344 e. The Morgan fingerprint density at radius 3 is 2.88 bits per heavy atom. The molecule has 132 valence electrons. The van der Waals surface area contributed by atoms with Crippen LogP contribution in [0.2, 0.25) is 0 Å². The molecule has 0 unspecified atom stereocenters. The summed E-state index contributed by atoms with van der Waals surface area (Å²) in [4.78, 5) is 26.7. The average molecular weight is 364 g/mol. The maximum absolute atomic E-state index is 12.5. The average Bonchev–Trinajstić information content (AvgIpc) is 3.16. The van der Waals surface area contributed by atoms with Gasteiger partial charge >= 0.3 is 0 Å². The molecule has 0 fully saturated rings. The number of thiophene rings is 1. The zero-order valence-corrected chi connectivity index (χ0v) is 15.6. The quantitative estimate of drug-likeness (QED) is 0.761. The van der Waals surface area contributed by atoms with E-state index in [9.17, 15) is 4.79 Å². The monoisotopic (exact) mass is 364 g/mol. The van der Waals surface area contributed by atoms with E-state index >= 15 is 0 Å². The predicted molar refractivity (Wildman–Crippen MR) is 102 cm³/mol. The Kier molecular flexibility index (Phi) is 4.28. The largest absolute Gasteiger partial charge is 0.344 e. The third-order valence-electron chi connectivity index (χ3n) is 4.65. The van der Waals surface area contributed by atoms with Gasteiger partial charge in [-0.3, -0.25) is 9.78 Å². The molecule has 1 atom stereocenters. The molecule has 6 heteroatoms. The number of pyridine rings is 1. The number of hydrogen-bond acceptors (Lipinski definition) is 5. The van der Waals surface area contributed by atoms with Crippen molar-refractivity contribution in [2.24, 2.45) is 5.41 Å². The lowest BCUT2D eigenvalue weighted by Gasteiger charge is -2.36. The Morgan fingerprint density at radius 2 is 2.15 bits per heavy atom. The van der Waals surface area contributed by atoms with E-state index < -0.39 is 0 Å². The molecule has 4 rings (SSSR count). The highest BCUT2D eigenvalue weighted by atomic mass is 32.1. The van der Waals surface area contributed by atoms with Gasteiger partial charge in [0.1, 0.15) is 0 Å². The summed E-state index contributed by atoms with van der Waals surface area (Å²) in [5, 5.41) is 5.09. The minimum atomic E-state index is -0.0775. The Labute approximate surface area is 156 Å². The van der Waals surface area contributed by atoms with Crippen molar-refractivity contribution < 1.29 is 4.79 Å². The van der Waals surface area contributed by atoms with Crippen LogP contribution in [-0.2, 0) is 6.42 Å². The first-order valence-corrected chi connectivity index (χ1v) is 9.50. The number of nitrogens with zero attached hydrogens (tertiary/aromatic N) is 3. The van der Waals surface area contributed by atoms with Gasteiger partial charge in [0, 0.05) is 29.7 Å². The van der Waals surface area contributed by atoms with Gasteiger partial charge in [0.2, 0.25) is 0 Å². The molecule has 3 aromatic rings. The zero-order chi connectivity index (χ0) is 18.1. The molecule has 0 saturated heterocycles. The maximum Gasteiger partial charge on any atom is 0.261 e. The second-order valence-electron chi connectivity index (χ2n) is 7.39. The van der Waals surface area contributed by atoms with E-state index in [0.717, 1.165) is 34.5 Å². The lowest BCUT2D eigenvalue weighted by Crippen LogP contribution is -2.37. The van der Waals surface area contributed by atoms with Crippen LogP contribution >= 0.6 is 11.3 Å². The van der Waals surface area contributed by atoms with Crippen molar-refractivity contribution in [1.29, 1.82) is 0 Å². The first kappa shape index (κ1) is 16.8. The summed E-state index contributed by atoms with van der Waals surface area (Å²) in [7, 11) is 0. The normalized spacial score (nSPS) is 18.2. The van der Waals surface area contributed by atoms with Crippen LogP contribution in [0.3, 0.4) is 0 Å². The zero-order valence-electron chi connectivity index (χ0n) is 14.8. The van der Waals surface area contributed by atoms with Crippen LogP contribution in [0.5, 0.6) is 0 Å². The highest BCUT2D eigenvalue weighted by Gasteiger charge is 2.34. The van der Waals surface area contributed by atoms with E-state index in [4.69, 9.17) is 4.98 Å². The smallest absolute Gasteiger partial charge is 0.261 e. The molecular weight excluding hydrogens is 344 g/mol. The van der Waals surface area contributed by atoms with Crippen LogP contribution in [0.4, 0.5) is 0 Å². The molecule has 0 radical (unpaired) electrons. The number of aromatic nitrogens is 3. The summed E-state index contributed by atoms with van der Waals surface area (Å²) in [5.74, 6) is 0.642. The molecule has 0 bridgehead atoms. The summed E-state index contributed by atoms with van der Waals surface area (Å²) >= 11 is 1.45. The van der Waals surface area contributed by atoms with Gasteiger partial charge in [-0.05, 0) is 41.8 Å². The third-order valence-corrected chi connectivity index (χ3v) is 5.52. The van der Waals surface area contributed by atoms with Crippen molar-refractivity contribution in [2.45, 2.75) is 32.7 Å². The highest BCUT2D eigenvalue weighted by molar-refractivity contribution is 7.12. The van der Waals surface area contributed by atoms with Crippen LogP contribution in [0.1, 0.15) is 47.2 Å². The Bertz CT molecular complexity index is 922. The van der Waals surface area contributed by atoms with Crippen LogP contribution in [-0.4, -0.2) is 20.9 Å². The SMILES string of the molecule is CC1(C)Cc2nc(-c3cccnc3)ncc2[C@@H](NC(=O)c2cccs2)C1. The minimum absolute atomic E-state index is 0.0371. The van der Waals surface area contributed by atoms with Gasteiger partial charge in [-0.2, -0.15) is 0 Å². The van der Waals surface area contributed by atoms with Crippen molar-refractivity contribution in [1.82, 2.24) is 20.3 Å². The van der Waals surface area contributed by atoms with Crippen molar-refractivity contribution in [3.8, 4) is 11.4 Å². The fraction of sp³-hybridized carbons (Fsp3) is 0.300. The fourth-order valence-corrected chi connectivity index (χ4v) is 4.07. The summed E-state index contributed by atoms with van der Waals surface area (Å²) in [6.45, 7) is 4.43. The van der Waals surface area contributed by atoms with E-state index in [0.29, 0.717) is 5.82 Å². The third kappa shape index (κ3) is 3.37. The van der Waals surface area contributed by atoms with Crippen LogP contribution in [0.25, 0.3) is 11.4 Å². The van der Waals surface area contributed by atoms with Crippen molar-refractivity contribution in [3.05, 3.63) is 64.4 Å². The van der Waals surface area contributed by atoms with Gasteiger partial charge in [-0.1, -0.05) is 19.9 Å². The lowest BCUT2D eigenvalue weighted by molar-refractivity contribution is 0.0923. The Morgan fingerprint density at radius 1 is 1.27 bits per heavy atom. The molecule has 1 aliphatic carbocycles. The first-order chi connectivity index (χ1) is 12.5. The molecule has 3 aromatic heterocycles. The molecule has 5 nitrogen and oxygen atoms in total. The topological polar surface area (TPSA) is 67.8 Å². The van der Waals surface area contributed by atoms with E-state index in [1.807, 2.05) is 35.8 Å². The molecule has 0 aliphatic heterocycles. The second kappa shape index (κ2) is 6.61. The maximum atomic E-state index is 12.5. The highest BCUT2D eigenvalue weighted by Crippen LogP contribution is 2.40. The van der Waals surface area contributed by atoms with Gasteiger partial charge in [-0.25, -0.2) is 9.97 Å². The molecule has 0 saturated carbocycles. The number of nitrogens with one attached hydrogen (secondary N) is 1. The molecule has 1 N–H and O–H groups in total. The van der Waals surface area contributed by atoms with Crippen LogP contribution < -0.4 is 5.32 Å². The van der Waals surface area contributed by atoms with E-state index in [1.165, 1.54) is 11.3 Å². The fourth-order valence-electron chi connectivity index (χ4n) is 3.45. The molecule has 26 heavy (non-hydrogen) atoms. The van der Waals surface area contributed by atoms with Crippen molar-refractivity contribution in [3.63, 3.8) is 0 Å². The predicted octanol–water partition coefficient (Wildman–Crippen LogP) is 4.04. The number of rotatable bonds is 3. The van der Waals surface area contributed by atoms with Gasteiger partial charge < -0.3 is 5.32 Å². The van der Waals surface area contributed by atoms with Crippen LogP contribution in [0.15, 0.2) is 48.2 Å². The summed E-state index contributed by atoms with van der Waals surface area (Å²) < 4.78 is 0. The molecule has 0 aromatic carbocycles. The number of carbonyl (C=O) groups excluding carboxylic acids is 1. The standard InChI is InChI=1S/C20H20N4OS/c1-20(2)9-15-14(12-22-18(23-15)13-5-3-7-21-11-13)16(10-20)24-19(25)17-6-4-8-26-17/h3-8,11-12,16H,9-10H2,1-2H3,(H,24,25)/t16-/m0/s1. The molecule has 3 heterocycles. The molecule has 0 spiro atoms. The van der Waals surface area contributed by atoms with Crippen molar-refractivity contribution in [2.75, 3.05) is 0 Å². The van der Waals surface area contributed by atoms with E-state index in [2.05, 4.69) is 29.1 Å². The van der Waals surface area contributed by atoms with Gasteiger partial charge in [-0.15, -0.1) is 11.3 Å². The summed E-state index contributed by atoms with van der Waals surface area (Å²) in [6, 6.07) is 7.50. The molecule has 1 amide bonds. The van der Waals surface area contributed by atoms with E-state index in [-0.39, 0.29) is 17.4 Å². The van der Waals surface area contributed by atoms with Crippen molar-refractivity contribution >= 4 is 17.2 Å². The molecular formula is C20H20N4OS. The Balaban J connectivity index is 1.67. The summed E-state index contributed by atoms with van der Waals surface area (Å²) in [5.41, 5.74) is 2.98. The van der Waals surface area contributed by atoms with Gasteiger partial charge in [0.05, 0.1) is 16.6 Å². The lowest BCUT2D eigenvalue weighted by atomic mass is 9.74. The van der Waals surface area contributed by atoms with Gasteiger partial charge in [0.15, 0.2) is 5.82 Å². The first-order valence-electron chi connectivity index (χ1n) is 8.62. The number of carbonyl (C=O) groups is 1. The van der Waals surface area contributed by atoms with Crippen LogP contribution in [0, 0.1) is 5.41 Å². The molecule has 1 aliphatic rings.